The molecule has 0 aliphatic carbocycles. The summed E-state index contributed by atoms with van der Waals surface area (Å²) in [6, 6.07) is 5.77. The quantitative estimate of drug-likeness (QED) is 0.552. The lowest BCUT2D eigenvalue weighted by molar-refractivity contribution is -0.135. The number of hydrogen-bond acceptors (Lipinski definition) is 6. The average Bonchev–Trinajstić information content (AvgIpc) is 2.96. The van der Waals surface area contributed by atoms with Gasteiger partial charge in [0.2, 0.25) is 0 Å². The van der Waals surface area contributed by atoms with E-state index in [1.54, 1.807) is 0 Å². The number of sulfone groups is 1. The van der Waals surface area contributed by atoms with Crippen LogP contribution in [0.4, 0.5) is 0 Å². The highest BCUT2D eigenvalue weighted by atomic mass is 32.2. The Kier molecular flexibility index (Phi) is 4.19. The molecule has 142 valence electrons. The van der Waals surface area contributed by atoms with Gasteiger partial charge < -0.3 is 15.5 Å². The Hall–Kier alpha value is -3.34. The second-order valence-electron chi connectivity index (χ2n) is 5.96. The summed E-state index contributed by atoms with van der Waals surface area (Å²) in [5.41, 5.74) is -1.03. The SMILES string of the molecule is Cn1c(=O)c(C(=O)NCC(=O)O)c(O)c2cc3ccc(S(C)(=O)=O)cc3n21. The van der Waals surface area contributed by atoms with Gasteiger partial charge in [-0.2, -0.15) is 0 Å². The van der Waals surface area contributed by atoms with Crippen LogP contribution >= 0.6 is 0 Å². The Morgan fingerprint density at radius 1 is 1.19 bits per heavy atom. The summed E-state index contributed by atoms with van der Waals surface area (Å²) >= 11 is 0. The van der Waals surface area contributed by atoms with Crippen molar-refractivity contribution >= 4 is 38.1 Å². The first-order valence-electron chi connectivity index (χ1n) is 7.60. The normalized spacial score (nSPS) is 11.8. The zero-order valence-corrected chi connectivity index (χ0v) is 15.1. The molecule has 2 aromatic heterocycles. The number of aromatic hydroxyl groups is 1. The molecular weight excluding hydrogens is 378 g/mol. The molecule has 3 N–H and O–H groups in total. The van der Waals surface area contributed by atoms with E-state index in [-0.39, 0.29) is 10.4 Å². The van der Waals surface area contributed by atoms with Crippen molar-refractivity contribution in [3.63, 3.8) is 0 Å². The number of carbonyl (C=O) groups is 2. The number of hydrogen-bond donors (Lipinski definition) is 3. The van der Waals surface area contributed by atoms with Gasteiger partial charge in [-0.05, 0) is 18.2 Å². The second kappa shape index (κ2) is 6.13. The predicted molar refractivity (Wildman–Crippen MR) is 94.9 cm³/mol. The highest BCUT2D eigenvalue weighted by Gasteiger charge is 2.23. The number of fused-ring (bicyclic) bond motifs is 3. The number of amides is 1. The molecule has 0 saturated heterocycles. The number of aryl methyl sites for hydroxylation is 1. The lowest BCUT2D eigenvalue weighted by Crippen LogP contribution is -2.36. The van der Waals surface area contributed by atoms with E-state index in [0.29, 0.717) is 10.9 Å². The summed E-state index contributed by atoms with van der Waals surface area (Å²) in [5.74, 6) is -2.96. The van der Waals surface area contributed by atoms with Crippen molar-refractivity contribution in [2.24, 2.45) is 7.05 Å². The van der Waals surface area contributed by atoms with Crippen LogP contribution in [0.5, 0.6) is 5.75 Å². The van der Waals surface area contributed by atoms with Crippen molar-refractivity contribution in [1.29, 1.82) is 0 Å². The second-order valence-corrected chi connectivity index (χ2v) is 7.98. The number of rotatable bonds is 4. The molecule has 1 aromatic carbocycles. The molecule has 0 atom stereocenters. The first-order chi connectivity index (χ1) is 12.5. The highest BCUT2D eigenvalue weighted by Crippen LogP contribution is 2.29. The van der Waals surface area contributed by atoms with Crippen LogP contribution in [-0.4, -0.2) is 52.5 Å². The molecule has 0 aliphatic heterocycles. The van der Waals surface area contributed by atoms with E-state index in [1.807, 2.05) is 5.32 Å². The third-order valence-corrected chi connectivity index (χ3v) is 5.20. The molecule has 0 fully saturated rings. The number of aromatic nitrogens is 2. The molecule has 0 unspecified atom stereocenters. The molecule has 0 bridgehead atoms. The van der Waals surface area contributed by atoms with E-state index >= 15 is 0 Å². The van der Waals surface area contributed by atoms with Gasteiger partial charge in [0.25, 0.3) is 11.5 Å². The summed E-state index contributed by atoms with van der Waals surface area (Å²) in [6.45, 7) is -0.715. The van der Waals surface area contributed by atoms with Gasteiger partial charge in [0.05, 0.1) is 10.4 Å². The van der Waals surface area contributed by atoms with Gasteiger partial charge in [-0.15, -0.1) is 0 Å². The maximum absolute atomic E-state index is 12.6. The summed E-state index contributed by atoms with van der Waals surface area (Å²) in [7, 11) is -2.15. The molecule has 27 heavy (non-hydrogen) atoms. The molecule has 11 heteroatoms. The van der Waals surface area contributed by atoms with Crippen LogP contribution in [0.3, 0.4) is 0 Å². The van der Waals surface area contributed by atoms with Crippen LogP contribution in [0.1, 0.15) is 10.4 Å². The van der Waals surface area contributed by atoms with Crippen molar-refractivity contribution in [1.82, 2.24) is 14.5 Å². The van der Waals surface area contributed by atoms with Crippen molar-refractivity contribution < 1.29 is 28.2 Å². The number of nitrogens with one attached hydrogen (secondary N) is 1. The fourth-order valence-corrected chi connectivity index (χ4v) is 3.46. The number of carboxylic acids is 1. The number of aliphatic carboxylic acids is 1. The molecule has 2 heterocycles. The number of benzene rings is 1. The van der Waals surface area contributed by atoms with Crippen molar-refractivity contribution in [2.45, 2.75) is 4.90 Å². The first-order valence-corrected chi connectivity index (χ1v) is 9.49. The highest BCUT2D eigenvalue weighted by molar-refractivity contribution is 7.90. The largest absolute Gasteiger partial charge is 0.505 e. The molecule has 10 nitrogen and oxygen atoms in total. The van der Waals surface area contributed by atoms with E-state index in [9.17, 15) is 27.9 Å². The molecule has 1 amide bonds. The van der Waals surface area contributed by atoms with Gasteiger partial charge in [0.1, 0.15) is 17.6 Å². The van der Waals surface area contributed by atoms with E-state index in [2.05, 4.69) is 0 Å². The Balaban J connectivity index is 2.33. The van der Waals surface area contributed by atoms with Crippen molar-refractivity contribution in [3.8, 4) is 5.75 Å². The van der Waals surface area contributed by atoms with Crippen molar-refractivity contribution in [3.05, 3.63) is 40.2 Å². The minimum atomic E-state index is -3.49. The molecule has 3 aromatic rings. The summed E-state index contributed by atoms with van der Waals surface area (Å²) in [5, 5.41) is 21.7. The van der Waals surface area contributed by atoms with Gasteiger partial charge in [0, 0.05) is 18.7 Å². The van der Waals surface area contributed by atoms with Gasteiger partial charge in [-0.1, -0.05) is 6.07 Å². The van der Waals surface area contributed by atoms with Crippen molar-refractivity contribution in [2.75, 3.05) is 12.8 Å². The molecule has 0 aliphatic rings. The first kappa shape index (κ1) is 18.5. The zero-order chi connectivity index (χ0) is 20.1. The number of carbonyl (C=O) groups excluding carboxylic acids is 1. The lowest BCUT2D eigenvalue weighted by Gasteiger charge is -2.11. The average molecular weight is 393 g/mol. The van der Waals surface area contributed by atoms with Crippen LogP contribution in [0.15, 0.2) is 34.0 Å². The maximum atomic E-state index is 12.6. The Labute approximate surface area is 152 Å². The minimum Gasteiger partial charge on any atom is -0.505 e. The topological polar surface area (TPSA) is 147 Å². The molecule has 0 saturated carbocycles. The van der Waals surface area contributed by atoms with Gasteiger partial charge >= 0.3 is 5.97 Å². The predicted octanol–water partition coefficient (Wildman–Crippen LogP) is -0.285. The molecule has 0 spiro atoms. The zero-order valence-electron chi connectivity index (χ0n) is 14.3. The van der Waals surface area contributed by atoms with Crippen LogP contribution in [-0.2, 0) is 21.7 Å². The summed E-state index contributed by atoms with van der Waals surface area (Å²) < 4.78 is 25.9. The maximum Gasteiger partial charge on any atom is 0.322 e. The van der Waals surface area contributed by atoms with Crippen LogP contribution in [0.25, 0.3) is 16.4 Å². The molecule has 0 radical (unpaired) electrons. The summed E-state index contributed by atoms with van der Waals surface area (Å²) in [4.78, 5) is 35.4. The van der Waals surface area contributed by atoms with E-state index in [4.69, 9.17) is 5.11 Å². The summed E-state index contributed by atoms with van der Waals surface area (Å²) in [6.07, 6.45) is 1.05. The standard InChI is InChI=1S/C16H15N3O7S/c1-18-16(24)13(15(23)17-7-12(20)21)14(22)11-5-8-3-4-9(27(2,25)26)6-10(8)19(11)18/h3-6,22H,7H2,1-2H3,(H,17,23)(H,20,21). The number of nitrogens with zero attached hydrogens (tertiary/aromatic N) is 2. The van der Waals surface area contributed by atoms with Gasteiger partial charge in [-0.3, -0.25) is 14.4 Å². The lowest BCUT2D eigenvalue weighted by atomic mass is 10.2. The van der Waals surface area contributed by atoms with Crippen LogP contribution in [0.2, 0.25) is 0 Å². The number of carboxylic acid groups (broad SMARTS) is 1. The third kappa shape index (κ3) is 3.01. The fourth-order valence-electron chi connectivity index (χ4n) is 2.82. The molecule has 3 rings (SSSR count). The minimum absolute atomic E-state index is 0.0326. The Morgan fingerprint density at radius 2 is 1.85 bits per heavy atom. The Morgan fingerprint density at radius 3 is 2.44 bits per heavy atom. The van der Waals surface area contributed by atoms with Crippen LogP contribution < -0.4 is 10.9 Å². The third-order valence-electron chi connectivity index (χ3n) is 4.09. The smallest absolute Gasteiger partial charge is 0.322 e. The van der Waals surface area contributed by atoms with E-state index < -0.39 is 45.1 Å². The van der Waals surface area contributed by atoms with E-state index in [0.717, 1.165) is 10.9 Å². The van der Waals surface area contributed by atoms with E-state index in [1.165, 1.54) is 35.8 Å². The molecular formula is C16H15N3O7S. The monoisotopic (exact) mass is 393 g/mol. The van der Waals surface area contributed by atoms with Crippen LogP contribution in [0, 0.1) is 0 Å². The fraction of sp³-hybridized carbons (Fsp3) is 0.188. The Bertz CT molecular complexity index is 1290. The van der Waals surface area contributed by atoms with Gasteiger partial charge in [0.15, 0.2) is 15.6 Å². The van der Waals surface area contributed by atoms with Gasteiger partial charge in [-0.25, -0.2) is 17.6 Å².